The predicted molar refractivity (Wildman–Crippen MR) is 127 cm³/mol. The van der Waals surface area contributed by atoms with E-state index in [9.17, 15) is 0 Å². The first-order valence-corrected chi connectivity index (χ1v) is 11.3. The lowest BCUT2D eigenvalue weighted by molar-refractivity contribution is 0.0215. The maximum atomic E-state index is 5.40. The van der Waals surface area contributed by atoms with Gasteiger partial charge in [0, 0.05) is 18.2 Å². The summed E-state index contributed by atoms with van der Waals surface area (Å²) in [7, 11) is 1.71. The van der Waals surface area contributed by atoms with E-state index < -0.39 is 0 Å². The van der Waals surface area contributed by atoms with Crippen LogP contribution >= 0.6 is 0 Å². The molecule has 3 fully saturated rings. The van der Waals surface area contributed by atoms with Crippen LogP contribution in [0.2, 0.25) is 0 Å². The standard InChI is InChI=1S/C28H30N2O/c1-31-25-14-8-9-21(19-25)20-29-27-24-15-17-30(18-16-24)28(27)26(22-10-4-2-5-11-22)23-12-6-3-7-13-23/h2-14,19-20,24,26-28H,15-18H2,1H3/b29-20+/t27-,28+/m1/s1. The van der Waals surface area contributed by atoms with Crippen molar-refractivity contribution in [3.05, 3.63) is 102 Å². The highest BCUT2D eigenvalue weighted by Crippen LogP contribution is 2.43. The lowest BCUT2D eigenvalue weighted by atomic mass is 9.71. The largest absolute Gasteiger partial charge is 0.497 e. The Morgan fingerprint density at radius 3 is 2.13 bits per heavy atom. The van der Waals surface area contributed by atoms with E-state index in [0.29, 0.717) is 23.9 Å². The van der Waals surface area contributed by atoms with E-state index in [0.717, 1.165) is 11.3 Å². The molecule has 0 spiro atoms. The van der Waals surface area contributed by atoms with E-state index in [1.165, 1.54) is 37.1 Å². The van der Waals surface area contributed by atoms with Crippen LogP contribution in [0, 0.1) is 5.92 Å². The molecule has 6 rings (SSSR count). The highest BCUT2D eigenvalue weighted by atomic mass is 16.5. The number of fused-ring (bicyclic) bond motifs is 3. The number of ether oxygens (including phenoxy) is 1. The normalized spacial score (nSPS) is 25.2. The van der Waals surface area contributed by atoms with Gasteiger partial charge in [0.25, 0.3) is 0 Å². The summed E-state index contributed by atoms with van der Waals surface area (Å²) < 4.78 is 5.40. The minimum absolute atomic E-state index is 0.291. The Hall–Kier alpha value is -2.91. The fraction of sp³-hybridized carbons (Fsp3) is 0.321. The minimum Gasteiger partial charge on any atom is -0.497 e. The van der Waals surface area contributed by atoms with Crippen molar-refractivity contribution in [2.24, 2.45) is 10.9 Å². The second kappa shape index (κ2) is 9.07. The predicted octanol–water partition coefficient (Wildman–Crippen LogP) is 5.41. The fourth-order valence-corrected chi connectivity index (χ4v) is 5.47. The van der Waals surface area contributed by atoms with Crippen molar-refractivity contribution in [3.63, 3.8) is 0 Å². The van der Waals surface area contributed by atoms with Crippen LogP contribution in [0.15, 0.2) is 89.9 Å². The first-order chi connectivity index (χ1) is 15.3. The van der Waals surface area contributed by atoms with Crippen LogP contribution in [0.25, 0.3) is 0 Å². The van der Waals surface area contributed by atoms with Crippen molar-refractivity contribution in [1.82, 2.24) is 4.90 Å². The number of hydrogen-bond donors (Lipinski definition) is 0. The van der Waals surface area contributed by atoms with E-state index in [1.807, 2.05) is 12.1 Å². The molecular formula is C28H30N2O. The van der Waals surface area contributed by atoms with Gasteiger partial charge in [-0.2, -0.15) is 0 Å². The van der Waals surface area contributed by atoms with Crippen molar-refractivity contribution < 1.29 is 4.74 Å². The molecule has 3 aromatic rings. The third-order valence-corrected chi connectivity index (χ3v) is 6.98. The maximum absolute atomic E-state index is 5.40. The molecular weight excluding hydrogens is 380 g/mol. The highest BCUT2D eigenvalue weighted by Gasteiger charge is 2.46. The van der Waals surface area contributed by atoms with E-state index >= 15 is 0 Å². The molecule has 3 aliphatic heterocycles. The van der Waals surface area contributed by atoms with Gasteiger partial charge in [-0.3, -0.25) is 9.89 Å². The zero-order chi connectivity index (χ0) is 21.0. The van der Waals surface area contributed by atoms with Crippen LogP contribution in [0.1, 0.15) is 35.4 Å². The minimum atomic E-state index is 0.291. The summed E-state index contributed by atoms with van der Waals surface area (Å²) in [6.07, 6.45) is 4.55. The van der Waals surface area contributed by atoms with E-state index in [2.05, 4.69) is 83.9 Å². The van der Waals surface area contributed by atoms with Crippen LogP contribution in [-0.4, -0.2) is 43.4 Å². The van der Waals surface area contributed by atoms with Crippen molar-refractivity contribution >= 4 is 6.21 Å². The molecule has 2 bridgehead atoms. The van der Waals surface area contributed by atoms with Gasteiger partial charge in [-0.25, -0.2) is 0 Å². The SMILES string of the molecule is COc1cccc(/C=N/[C@@H]2C3CCN(CC3)[C@H]2C(c2ccccc2)c2ccccc2)c1. The average molecular weight is 411 g/mol. The van der Waals surface area contributed by atoms with Gasteiger partial charge in [-0.05, 0) is 60.7 Å². The number of rotatable bonds is 6. The van der Waals surface area contributed by atoms with E-state index in [-0.39, 0.29) is 0 Å². The molecule has 31 heavy (non-hydrogen) atoms. The topological polar surface area (TPSA) is 24.8 Å². The second-order valence-corrected chi connectivity index (χ2v) is 8.71. The number of hydrogen-bond acceptors (Lipinski definition) is 3. The van der Waals surface area contributed by atoms with E-state index in [4.69, 9.17) is 9.73 Å². The average Bonchev–Trinajstić information content (AvgIpc) is 2.85. The highest BCUT2D eigenvalue weighted by molar-refractivity contribution is 5.80. The van der Waals surface area contributed by atoms with Crippen molar-refractivity contribution in [2.75, 3.05) is 20.2 Å². The van der Waals surface area contributed by atoms with E-state index in [1.54, 1.807) is 7.11 Å². The first kappa shape index (κ1) is 20.0. The summed E-state index contributed by atoms with van der Waals surface area (Å²) >= 11 is 0. The lowest BCUT2D eigenvalue weighted by Gasteiger charge is -2.52. The summed E-state index contributed by atoms with van der Waals surface area (Å²) in [5, 5.41) is 0. The monoisotopic (exact) mass is 410 g/mol. The molecule has 3 aliphatic rings. The first-order valence-electron chi connectivity index (χ1n) is 11.3. The van der Waals surface area contributed by atoms with Crippen LogP contribution < -0.4 is 4.74 Å². The van der Waals surface area contributed by atoms with Gasteiger partial charge in [-0.1, -0.05) is 72.8 Å². The Labute approximate surface area is 185 Å². The van der Waals surface area contributed by atoms with Crippen molar-refractivity contribution in [3.8, 4) is 5.75 Å². The molecule has 3 nitrogen and oxygen atoms in total. The Balaban J connectivity index is 1.54. The Morgan fingerprint density at radius 1 is 0.871 bits per heavy atom. The van der Waals surface area contributed by atoms with Gasteiger partial charge in [0.05, 0.1) is 13.2 Å². The molecule has 0 aromatic heterocycles. The zero-order valence-electron chi connectivity index (χ0n) is 18.1. The summed E-state index contributed by atoms with van der Waals surface area (Å²) in [5.41, 5.74) is 3.87. The summed E-state index contributed by atoms with van der Waals surface area (Å²) in [6, 6.07) is 30.8. The lowest BCUT2D eigenvalue weighted by Crippen LogP contribution is -2.59. The summed E-state index contributed by atoms with van der Waals surface area (Å²) in [4.78, 5) is 7.94. The van der Waals surface area contributed by atoms with Gasteiger partial charge in [0.2, 0.25) is 0 Å². The van der Waals surface area contributed by atoms with Crippen molar-refractivity contribution in [2.45, 2.75) is 30.8 Å². The number of nitrogens with zero attached hydrogens (tertiary/aromatic N) is 2. The fourth-order valence-electron chi connectivity index (χ4n) is 5.47. The molecule has 3 heterocycles. The molecule has 0 N–H and O–H groups in total. The van der Waals surface area contributed by atoms with Crippen LogP contribution in [0.3, 0.4) is 0 Å². The zero-order valence-corrected chi connectivity index (χ0v) is 18.1. The Bertz CT molecular complexity index is 970. The smallest absolute Gasteiger partial charge is 0.119 e. The van der Waals surface area contributed by atoms with Gasteiger partial charge in [-0.15, -0.1) is 0 Å². The Kier molecular flexibility index (Phi) is 5.86. The maximum Gasteiger partial charge on any atom is 0.119 e. The molecule has 158 valence electrons. The van der Waals surface area contributed by atoms with Gasteiger partial charge < -0.3 is 4.74 Å². The number of aliphatic imine (C=N–C) groups is 1. The van der Waals surface area contributed by atoms with Gasteiger partial charge >= 0.3 is 0 Å². The third-order valence-electron chi connectivity index (χ3n) is 6.98. The number of benzene rings is 3. The van der Waals surface area contributed by atoms with Gasteiger partial charge in [0.15, 0.2) is 0 Å². The third kappa shape index (κ3) is 4.15. The number of piperidine rings is 3. The molecule has 0 unspecified atom stereocenters. The number of methoxy groups -OCH3 is 1. The molecule has 0 aliphatic carbocycles. The van der Waals surface area contributed by atoms with Crippen molar-refractivity contribution in [1.29, 1.82) is 0 Å². The summed E-state index contributed by atoms with van der Waals surface area (Å²) in [5.74, 6) is 1.84. The molecule has 3 heteroatoms. The van der Waals surface area contributed by atoms with Crippen LogP contribution in [0.5, 0.6) is 5.75 Å². The molecule has 0 radical (unpaired) electrons. The summed E-state index contributed by atoms with van der Waals surface area (Å²) in [6.45, 7) is 2.35. The molecule has 2 atom stereocenters. The van der Waals surface area contributed by atoms with Gasteiger partial charge in [0.1, 0.15) is 5.75 Å². The second-order valence-electron chi connectivity index (χ2n) is 8.71. The molecule has 3 aromatic carbocycles. The molecule has 3 saturated heterocycles. The van der Waals surface area contributed by atoms with Crippen LogP contribution in [0.4, 0.5) is 0 Å². The molecule has 0 amide bonds. The van der Waals surface area contributed by atoms with Crippen LogP contribution in [-0.2, 0) is 0 Å². The Morgan fingerprint density at radius 2 is 1.52 bits per heavy atom. The molecule has 0 saturated carbocycles. The quantitative estimate of drug-likeness (QED) is 0.508.